The molecule has 0 bridgehead atoms. The average Bonchev–Trinajstić information content (AvgIpc) is 2.51. The van der Waals surface area contributed by atoms with Gasteiger partial charge in [-0.3, -0.25) is 28.8 Å². The molecule has 152 valence electrons. The first-order valence-corrected chi connectivity index (χ1v) is 7.75. The third-order valence-electron chi connectivity index (χ3n) is 2.82. The van der Waals surface area contributed by atoms with Gasteiger partial charge in [-0.1, -0.05) is 0 Å². The highest BCUT2D eigenvalue weighted by Crippen LogP contribution is 2.19. The monoisotopic (exact) mass is 390 g/mol. The zero-order chi connectivity index (χ0) is 21.1. The molecule has 0 spiro atoms. The lowest BCUT2D eigenvalue weighted by atomic mass is 10.0. The molecule has 0 aromatic carbocycles. The van der Waals surface area contributed by atoms with Crippen LogP contribution in [0, 0.1) is 0 Å². The van der Waals surface area contributed by atoms with E-state index in [1.165, 1.54) is 0 Å². The fourth-order valence-electron chi connectivity index (χ4n) is 2.03. The fraction of sp³-hybridized carbons (Fsp3) is 0.625. The van der Waals surface area contributed by atoms with E-state index in [9.17, 15) is 28.8 Å². The highest BCUT2D eigenvalue weighted by molar-refractivity contribution is 5.72. The Morgan fingerprint density at radius 2 is 1.11 bits per heavy atom. The Morgan fingerprint density at radius 1 is 0.667 bits per heavy atom. The van der Waals surface area contributed by atoms with Crippen LogP contribution in [-0.2, 0) is 52.5 Å². The third kappa shape index (κ3) is 9.92. The van der Waals surface area contributed by atoms with Gasteiger partial charge in [-0.2, -0.15) is 0 Å². The van der Waals surface area contributed by atoms with E-state index >= 15 is 0 Å². The summed E-state index contributed by atoms with van der Waals surface area (Å²) < 4.78 is 24.6. The summed E-state index contributed by atoms with van der Waals surface area (Å²) >= 11 is 0. The Kier molecular flexibility index (Phi) is 10.3. The second-order valence-electron chi connectivity index (χ2n) is 5.31. The van der Waals surface area contributed by atoms with Crippen LogP contribution in [0.3, 0.4) is 0 Å². The van der Waals surface area contributed by atoms with Crippen LogP contribution in [-0.4, -0.2) is 67.2 Å². The number of rotatable bonds is 10. The van der Waals surface area contributed by atoms with E-state index < -0.39 is 60.9 Å². The lowest BCUT2D eigenvalue weighted by molar-refractivity contribution is -0.201. The minimum absolute atomic E-state index is 0.155. The van der Waals surface area contributed by atoms with Gasteiger partial charge in [0.2, 0.25) is 0 Å². The molecule has 0 amide bonds. The first-order chi connectivity index (χ1) is 12.5. The van der Waals surface area contributed by atoms with Crippen molar-refractivity contribution in [1.82, 2.24) is 0 Å². The van der Waals surface area contributed by atoms with Crippen molar-refractivity contribution in [3.8, 4) is 0 Å². The summed E-state index contributed by atoms with van der Waals surface area (Å²) in [5.74, 6) is -4.23. The molecule has 0 aromatic rings. The Morgan fingerprint density at radius 3 is 1.48 bits per heavy atom. The molecule has 27 heavy (non-hydrogen) atoms. The molecule has 0 aromatic heterocycles. The number of aldehydes is 1. The van der Waals surface area contributed by atoms with E-state index in [2.05, 4.69) is 0 Å². The van der Waals surface area contributed by atoms with Crippen molar-refractivity contribution in [2.45, 2.75) is 59.0 Å². The van der Waals surface area contributed by atoms with Crippen molar-refractivity contribution in [2.24, 2.45) is 0 Å². The first-order valence-electron chi connectivity index (χ1n) is 7.75. The van der Waals surface area contributed by atoms with Gasteiger partial charge < -0.3 is 23.7 Å². The largest absolute Gasteiger partial charge is 0.462 e. The predicted octanol–water partition coefficient (Wildman–Crippen LogP) is -0.525. The molecule has 0 radical (unpaired) electrons. The second-order valence-corrected chi connectivity index (χ2v) is 5.31. The predicted molar refractivity (Wildman–Crippen MR) is 84.9 cm³/mol. The topological polar surface area (TPSA) is 149 Å². The van der Waals surface area contributed by atoms with Gasteiger partial charge in [-0.25, -0.2) is 0 Å². The molecule has 0 aliphatic carbocycles. The van der Waals surface area contributed by atoms with E-state index in [0.717, 1.165) is 34.6 Å². The van der Waals surface area contributed by atoms with Crippen molar-refractivity contribution in [3.05, 3.63) is 0 Å². The summed E-state index contributed by atoms with van der Waals surface area (Å²) in [6, 6.07) is 0. The molecule has 4 atom stereocenters. The maximum absolute atomic E-state index is 11.5. The lowest BCUT2D eigenvalue weighted by Gasteiger charge is -2.33. The fourth-order valence-corrected chi connectivity index (χ4v) is 2.03. The molecule has 0 N–H and O–H groups in total. The van der Waals surface area contributed by atoms with Crippen LogP contribution in [0.4, 0.5) is 0 Å². The van der Waals surface area contributed by atoms with Gasteiger partial charge in [-0.05, 0) is 0 Å². The number of ether oxygens (including phenoxy) is 5. The summed E-state index contributed by atoms with van der Waals surface area (Å²) in [7, 11) is 0. The Labute approximate surface area is 155 Å². The van der Waals surface area contributed by atoms with Crippen LogP contribution < -0.4 is 0 Å². The molecule has 0 aliphatic heterocycles. The van der Waals surface area contributed by atoms with E-state index in [0.29, 0.717) is 0 Å². The van der Waals surface area contributed by atoms with Crippen molar-refractivity contribution < 1.29 is 52.5 Å². The smallest absolute Gasteiger partial charge is 0.303 e. The molecule has 0 saturated carbocycles. The Bertz CT molecular complexity index is 583. The molecule has 11 heteroatoms. The van der Waals surface area contributed by atoms with Crippen LogP contribution in [0.2, 0.25) is 0 Å². The lowest BCUT2D eigenvalue weighted by Crippen LogP contribution is -2.53. The normalized spacial score (nSPS) is 14.6. The van der Waals surface area contributed by atoms with Crippen LogP contribution in [0.5, 0.6) is 0 Å². The third-order valence-corrected chi connectivity index (χ3v) is 2.82. The van der Waals surface area contributed by atoms with E-state index in [4.69, 9.17) is 23.7 Å². The average molecular weight is 390 g/mol. The van der Waals surface area contributed by atoms with E-state index in [1.54, 1.807) is 0 Å². The van der Waals surface area contributed by atoms with Gasteiger partial charge in [-0.15, -0.1) is 0 Å². The summed E-state index contributed by atoms with van der Waals surface area (Å²) in [6.45, 7) is 4.56. The standard InChI is InChI=1S/C16H22O11/c1-8(18)23-7-14(25-10(3)20)16(27-12(5)22)15(26-11(4)21)13(6-17)24-9(2)19/h6,13-16H,7H2,1-5H3/t13-,14-,15-,16-/m0/s1. The molecule has 0 unspecified atom stereocenters. The van der Waals surface area contributed by atoms with Gasteiger partial charge in [0.1, 0.15) is 6.61 Å². The molecule has 0 rings (SSSR count). The van der Waals surface area contributed by atoms with E-state index in [1.807, 2.05) is 0 Å². The van der Waals surface area contributed by atoms with Crippen molar-refractivity contribution >= 4 is 36.1 Å². The van der Waals surface area contributed by atoms with E-state index in [-0.39, 0.29) is 6.29 Å². The van der Waals surface area contributed by atoms with Gasteiger partial charge in [0.05, 0.1) is 0 Å². The zero-order valence-corrected chi connectivity index (χ0v) is 15.6. The SMILES string of the molecule is CC(=O)OC[C@H](OC(C)=O)[C@H](OC(C)=O)[C@@H](OC(C)=O)[C@H](C=O)OC(C)=O. The molecular weight excluding hydrogens is 368 g/mol. The molecule has 0 saturated heterocycles. The van der Waals surface area contributed by atoms with Crippen LogP contribution >= 0.6 is 0 Å². The molecule has 0 heterocycles. The number of esters is 5. The van der Waals surface area contributed by atoms with Crippen molar-refractivity contribution in [1.29, 1.82) is 0 Å². The quantitative estimate of drug-likeness (QED) is 0.269. The van der Waals surface area contributed by atoms with Crippen LogP contribution in [0.1, 0.15) is 34.6 Å². The molecule has 0 fully saturated rings. The maximum Gasteiger partial charge on any atom is 0.303 e. The Hall–Kier alpha value is -2.98. The van der Waals surface area contributed by atoms with Gasteiger partial charge >= 0.3 is 29.8 Å². The zero-order valence-electron chi connectivity index (χ0n) is 15.6. The molecular formula is C16H22O11. The number of carbonyl (C=O) groups excluding carboxylic acids is 6. The highest BCUT2D eigenvalue weighted by atomic mass is 16.6. The van der Waals surface area contributed by atoms with Crippen molar-refractivity contribution in [2.75, 3.05) is 6.61 Å². The minimum Gasteiger partial charge on any atom is -0.462 e. The Balaban J connectivity index is 6.00. The first kappa shape index (κ1) is 24.0. The highest BCUT2D eigenvalue weighted by Gasteiger charge is 2.43. The maximum atomic E-state index is 11.5. The van der Waals surface area contributed by atoms with Gasteiger partial charge in [0, 0.05) is 34.6 Å². The summed E-state index contributed by atoms with van der Waals surface area (Å²) in [4.78, 5) is 68.0. The van der Waals surface area contributed by atoms with Gasteiger partial charge in [0.25, 0.3) is 0 Å². The van der Waals surface area contributed by atoms with Crippen molar-refractivity contribution in [3.63, 3.8) is 0 Å². The van der Waals surface area contributed by atoms with Crippen LogP contribution in [0.25, 0.3) is 0 Å². The molecule has 11 nitrogen and oxygen atoms in total. The summed E-state index contributed by atoms with van der Waals surface area (Å²) in [5, 5.41) is 0. The minimum atomic E-state index is -1.67. The number of carbonyl (C=O) groups is 6. The second kappa shape index (κ2) is 11.6. The number of hydrogen-bond donors (Lipinski definition) is 0. The number of hydrogen-bond acceptors (Lipinski definition) is 11. The molecule has 0 aliphatic rings. The van der Waals surface area contributed by atoms with Gasteiger partial charge in [0.15, 0.2) is 30.7 Å². The summed E-state index contributed by atoms with van der Waals surface area (Å²) in [5.41, 5.74) is 0. The van der Waals surface area contributed by atoms with Crippen LogP contribution in [0.15, 0.2) is 0 Å². The summed E-state index contributed by atoms with van der Waals surface area (Å²) in [6.07, 6.45) is -6.23.